The van der Waals surface area contributed by atoms with Crippen molar-refractivity contribution in [3.05, 3.63) is 68.0 Å². The number of aryl methyl sites for hydroxylation is 2. The molecule has 0 spiro atoms. The number of carbonyl (C=O) groups is 1. The maximum Gasteiger partial charge on any atom is 0.252 e. The fraction of sp³-hybridized carbons (Fsp3) is 0.348. The van der Waals surface area contributed by atoms with Gasteiger partial charge in [-0.1, -0.05) is 19.9 Å². The zero-order valence-electron chi connectivity index (χ0n) is 17.0. The number of pyridine rings is 1. The van der Waals surface area contributed by atoms with E-state index < -0.39 is 5.92 Å². The summed E-state index contributed by atoms with van der Waals surface area (Å²) in [5, 5.41) is 10.6. The van der Waals surface area contributed by atoms with Crippen LogP contribution < -0.4 is 11.3 Å². The molecule has 0 bridgehead atoms. The molecule has 0 fully saturated rings. The number of hydrogen-bond donors (Lipinski definition) is 2. The van der Waals surface area contributed by atoms with Crippen LogP contribution >= 0.6 is 0 Å². The van der Waals surface area contributed by atoms with E-state index in [1.165, 1.54) is 0 Å². The van der Waals surface area contributed by atoms with Gasteiger partial charge >= 0.3 is 0 Å². The molecule has 148 valence electrons. The van der Waals surface area contributed by atoms with Crippen LogP contribution in [0.2, 0.25) is 0 Å². The van der Waals surface area contributed by atoms with Crippen molar-refractivity contribution in [2.45, 2.75) is 46.5 Å². The number of hydrogen-bond acceptors (Lipinski definition) is 5. The average Bonchev–Trinajstić information content (AvgIpc) is 2.58. The van der Waals surface area contributed by atoms with Gasteiger partial charge in [-0.25, -0.2) is 0 Å². The van der Waals surface area contributed by atoms with Crippen molar-refractivity contribution >= 4 is 16.7 Å². The first-order valence-corrected chi connectivity index (χ1v) is 9.59. The summed E-state index contributed by atoms with van der Waals surface area (Å²) in [7, 11) is 0. The van der Waals surface area contributed by atoms with Crippen molar-refractivity contribution < 1.29 is 9.53 Å². The van der Waals surface area contributed by atoms with Crippen LogP contribution in [-0.2, 0) is 9.53 Å². The molecule has 2 aromatic rings. The highest BCUT2D eigenvalue weighted by Gasteiger charge is 2.43. The summed E-state index contributed by atoms with van der Waals surface area (Å²) in [5.41, 5.74) is 9.04. The van der Waals surface area contributed by atoms with E-state index in [1.807, 2.05) is 39.8 Å². The number of nitrogens with two attached hydrogens (primary N) is 1. The van der Waals surface area contributed by atoms with Crippen molar-refractivity contribution in [2.24, 2.45) is 11.1 Å². The Labute approximate surface area is 168 Å². The lowest BCUT2D eigenvalue weighted by atomic mass is 9.70. The zero-order valence-corrected chi connectivity index (χ0v) is 17.0. The summed E-state index contributed by atoms with van der Waals surface area (Å²) in [5.74, 6) is -0.502. The van der Waals surface area contributed by atoms with E-state index in [9.17, 15) is 14.9 Å². The minimum Gasteiger partial charge on any atom is -0.444 e. The quantitative estimate of drug-likeness (QED) is 0.774. The van der Waals surface area contributed by atoms with Gasteiger partial charge in [-0.3, -0.25) is 9.59 Å². The normalized spacial score (nSPS) is 21.1. The lowest BCUT2D eigenvalue weighted by Gasteiger charge is -2.37. The number of allylic oxidation sites excluding steroid dienone is 3. The number of Topliss-reactive ketones (excluding diaryl/α,β-unsaturated/α-hetero) is 1. The van der Waals surface area contributed by atoms with Gasteiger partial charge in [0.2, 0.25) is 5.88 Å². The second-order valence-electron chi connectivity index (χ2n) is 8.80. The number of ketones is 1. The van der Waals surface area contributed by atoms with Crippen LogP contribution in [0.1, 0.15) is 49.3 Å². The van der Waals surface area contributed by atoms with Crippen molar-refractivity contribution in [3.63, 3.8) is 0 Å². The standard InChI is InChI=1S/C23H23N3O3/c1-11-5-12(2)13-7-14(22(28)26-16(13)6-11)19-15(10-24)21(25)29-18-9-23(3,4)8-17(27)20(18)19/h5-7,19H,8-9,25H2,1-4H3,(H,26,28)/t19-/m0/s1. The predicted octanol–water partition coefficient (Wildman–Crippen LogP) is 3.60. The van der Waals surface area contributed by atoms with Crippen LogP contribution in [0.3, 0.4) is 0 Å². The Morgan fingerprint density at radius 2 is 1.93 bits per heavy atom. The zero-order chi connectivity index (χ0) is 21.1. The number of benzene rings is 1. The molecule has 0 amide bonds. The van der Waals surface area contributed by atoms with E-state index in [0.29, 0.717) is 29.7 Å². The Kier molecular flexibility index (Phi) is 4.16. The molecule has 6 heteroatoms. The minimum absolute atomic E-state index is 0.0399. The van der Waals surface area contributed by atoms with Crippen LogP contribution in [0.25, 0.3) is 10.9 Å². The van der Waals surface area contributed by atoms with Crippen LogP contribution in [0.15, 0.2) is 45.8 Å². The molecule has 2 heterocycles. The largest absolute Gasteiger partial charge is 0.444 e. The van der Waals surface area contributed by atoms with Crippen molar-refractivity contribution in [1.82, 2.24) is 4.98 Å². The topological polar surface area (TPSA) is 109 Å². The fourth-order valence-corrected chi connectivity index (χ4v) is 4.50. The Hall–Kier alpha value is -3.33. The molecular formula is C23H23N3O3. The van der Waals surface area contributed by atoms with Crippen molar-refractivity contribution in [1.29, 1.82) is 5.26 Å². The molecule has 6 nitrogen and oxygen atoms in total. The van der Waals surface area contributed by atoms with Gasteiger partial charge in [-0.2, -0.15) is 5.26 Å². The molecule has 0 radical (unpaired) electrons. The first-order valence-electron chi connectivity index (χ1n) is 9.59. The number of aromatic nitrogens is 1. The van der Waals surface area contributed by atoms with E-state index in [4.69, 9.17) is 10.5 Å². The first kappa shape index (κ1) is 19.0. The van der Waals surface area contributed by atoms with Crippen molar-refractivity contribution in [2.75, 3.05) is 0 Å². The van der Waals surface area contributed by atoms with Gasteiger partial charge < -0.3 is 15.5 Å². The summed E-state index contributed by atoms with van der Waals surface area (Å²) < 4.78 is 5.70. The Balaban J connectivity index is 2.00. The highest BCUT2D eigenvalue weighted by molar-refractivity contribution is 6.00. The SMILES string of the molecule is Cc1cc(C)c2cc([C@H]3C(C#N)=C(N)OC4=C3C(=O)CC(C)(C)C4)c(=O)[nH]c2c1. The monoisotopic (exact) mass is 389 g/mol. The van der Waals surface area contributed by atoms with Crippen LogP contribution in [-0.4, -0.2) is 10.8 Å². The van der Waals surface area contributed by atoms with E-state index >= 15 is 0 Å². The summed E-state index contributed by atoms with van der Waals surface area (Å²) in [4.78, 5) is 29.0. The van der Waals surface area contributed by atoms with Gasteiger partial charge in [0.1, 0.15) is 17.4 Å². The third kappa shape index (κ3) is 3.03. The number of ether oxygens (including phenoxy) is 1. The summed E-state index contributed by atoms with van der Waals surface area (Å²) >= 11 is 0. The maximum absolute atomic E-state index is 13.1. The number of nitrogens with zero attached hydrogens (tertiary/aromatic N) is 1. The molecule has 2 aliphatic rings. The highest BCUT2D eigenvalue weighted by Crippen LogP contribution is 2.47. The third-order valence-electron chi connectivity index (χ3n) is 5.73. The molecule has 1 aromatic carbocycles. The minimum atomic E-state index is -0.818. The molecule has 0 unspecified atom stereocenters. The molecule has 4 rings (SSSR count). The van der Waals surface area contributed by atoms with Crippen LogP contribution in [0.4, 0.5) is 0 Å². The van der Waals surface area contributed by atoms with E-state index in [1.54, 1.807) is 6.07 Å². The number of aromatic amines is 1. The molecule has 1 aliphatic carbocycles. The first-order chi connectivity index (χ1) is 13.6. The van der Waals surface area contributed by atoms with Gasteiger partial charge in [0, 0.05) is 34.9 Å². The smallest absolute Gasteiger partial charge is 0.252 e. The van der Waals surface area contributed by atoms with Gasteiger partial charge in [-0.15, -0.1) is 0 Å². The van der Waals surface area contributed by atoms with E-state index in [-0.39, 0.29) is 28.2 Å². The maximum atomic E-state index is 13.1. The Morgan fingerprint density at radius 1 is 1.21 bits per heavy atom. The lowest BCUT2D eigenvalue weighted by molar-refractivity contribution is -0.119. The van der Waals surface area contributed by atoms with E-state index in [0.717, 1.165) is 22.0 Å². The molecular weight excluding hydrogens is 366 g/mol. The highest BCUT2D eigenvalue weighted by atomic mass is 16.5. The predicted molar refractivity (Wildman–Crippen MR) is 110 cm³/mol. The second kappa shape index (κ2) is 6.35. The number of nitrogens with one attached hydrogen (secondary N) is 1. The molecule has 1 aliphatic heterocycles. The summed E-state index contributed by atoms with van der Waals surface area (Å²) in [6.45, 7) is 7.91. The van der Waals surface area contributed by atoms with Crippen LogP contribution in [0.5, 0.6) is 0 Å². The number of H-pyrrole nitrogens is 1. The number of rotatable bonds is 1. The molecule has 0 saturated carbocycles. The van der Waals surface area contributed by atoms with Crippen LogP contribution in [0, 0.1) is 30.6 Å². The van der Waals surface area contributed by atoms with Crippen molar-refractivity contribution in [3.8, 4) is 6.07 Å². The Bertz CT molecular complexity index is 1240. The molecule has 1 aromatic heterocycles. The van der Waals surface area contributed by atoms with Gasteiger partial charge in [0.15, 0.2) is 5.78 Å². The number of nitriles is 1. The fourth-order valence-electron chi connectivity index (χ4n) is 4.50. The van der Waals surface area contributed by atoms with Gasteiger partial charge in [-0.05, 0) is 42.5 Å². The number of fused-ring (bicyclic) bond motifs is 1. The van der Waals surface area contributed by atoms with Gasteiger partial charge in [0.25, 0.3) is 5.56 Å². The molecule has 0 saturated heterocycles. The molecule has 1 atom stereocenters. The van der Waals surface area contributed by atoms with Gasteiger partial charge in [0.05, 0.1) is 5.92 Å². The summed E-state index contributed by atoms with van der Waals surface area (Å²) in [6.07, 6.45) is 0.849. The third-order valence-corrected chi connectivity index (χ3v) is 5.73. The number of carbonyl (C=O) groups excluding carboxylic acids is 1. The summed E-state index contributed by atoms with van der Waals surface area (Å²) in [6, 6.07) is 7.78. The molecule has 3 N–H and O–H groups in total. The molecule has 29 heavy (non-hydrogen) atoms. The second-order valence-corrected chi connectivity index (χ2v) is 8.80. The average molecular weight is 389 g/mol. The van der Waals surface area contributed by atoms with E-state index in [2.05, 4.69) is 11.1 Å². The lowest BCUT2D eigenvalue weighted by Crippen LogP contribution is -2.35. The Morgan fingerprint density at radius 3 is 2.62 bits per heavy atom.